The van der Waals surface area contributed by atoms with Gasteiger partial charge in [0.1, 0.15) is 0 Å². The number of aromatic nitrogens is 1. The van der Waals surface area contributed by atoms with E-state index in [9.17, 15) is 0 Å². The number of pyridine rings is 1. The predicted octanol–water partition coefficient (Wildman–Crippen LogP) is 1.82. The smallest absolute Gasteiger partial charge is 0.0315 e. The molecule has 0 bridgehead atoms. The molecule has 1 aromatic rings. The molecule has 0 saturated carbocycles. The van der Waals surface area contributed by atoms with Crippen LogP contribution in [0.15, 0.2) is 18.5 Å². The van der Waals surface area contributed by atoms with Crippen molar-refractivity contribution in [1.82, 2.24) is 15.2 Å². The van der Waals surface area contributed by atoms with Crippen molar-refractivity contribution >= 4 is 0 Å². The summed E-state index contributed by atoms with van der Waals surface area (Å²) in [6.45, 7) is 11.2. The zero-order valence-corrected chi connectivity index (χ0v) is 11.1. The van der Waals surface area contributed by atoms with Crippen molar-refractivity contribution < 1.29 is 0 Å². The van der Waals surface area contributed by atoms with Crippen molar-refractivity contribution in [2.75, 3.05) is 19.6 Å². The van der Waals surface area contributed by atoms with Gasteiger partial charge in [0.2, 0.25) is 0 Å². The van der Waals surface area contributed by atoms with Gasteiger partial charge in [0.05, 0.1) is 0 Å². The quantitative estimate of drug-likeness (QED) is 0.863. The molecule has 1 N–H and O–H groups in total. The van der Waals surface area contributed by atoms with Crippen LogP contribution in [0.4, 0.5) is 0 Å². The van der Waals surface area contributed by atoms with Gasteiger partial charge in [-0.2, -0.15) is 0 Å². The molecule has 1 aliphatic heterocycles. The number of aryl methyl sites for hydroxylation is 1. The van der Waals surface area contributed by atoms with Crippen LogP contribution >= 0.6 is 0 Å². The standard InChI is InChI=1S/C14H23N3/c1-11(2)14-9-16-6-7-17(14)10-13-8-15-5-4-12(13)3/h4-5,8,11,14,16H,6-7,9-10H2,1-3H3. The Morgan fingerprint density at radius 2 is 2.35 bits per heavy atom. The third-order valence-electron chi connectivity index (χ3n) is 3.69. The molecule has 1 atom stereocenters. The van der Waals surface area contributed by atoms with Crippen LogP contribution in [0.1, 0.15) is 25.0 Å². The van der Waals surface area contributed by atoms with E-state index in [1.54, 1.807) is 0 Å². The van der Waals surface area contributed by atoms with Crippen LogP contribution < -0.4 is 5.32 Å². The Balaban J connectivity index is 2.08. The maximum atomic E-state index is 4.24. The van der Waals surface area contributed by atoms with Gasteiger partial charge in [0.25, 0.3) is 0 Å². The average molecular weight is 233 g/mol. The first-order valence-electron chi connectivity index (χ1n) is 6.52. The largest absolute Gasteiger partial charge is 0.314 e. The van der Waals surface area contributed by atoms with E-state index in [0.717, 1.165) is 26.2 Å². The molecule has 1 saturated heterocycles. The van der Waals surface area contributed by atoms with Crippen molar-refractivity contribution in [2.45, 2.75) is 33.4 Å². The summed E-state index contributed by atoms with van der Waals surface area (Å²) in [6.07, 6.45) is 3.88. The second-order valence-corrected chi connectivity index (χ2v) is 5.29. The fourth-order valence-corrected chi connectivity index (χ4v) is 2.50. The Hall–Kier alpha value is -0.930. The summed E-state index contributed by atoms with van der Waals surface area (Å²) in [7, 11) is 0. The molecule has 3 nitrogen and oxygen atoms in total. The molecule has 2 rings (SSSR count). The van der Waals surface area contributed by atoms with Gasteiger partial charge in [-0.1, -0.05) is 13.8 Å². The first-order chi connectivity index (χ1) is 8.18. The highest BCUT2D eigenvalue weighted by Gasteiger charge is 2.24. The molecule has 2 heterocycles. The predicted molar refractivity (Wildman–Crippen MR) is 70.9 cm³/mol. The monoisotopic (exact) mass is 233 g/mol. The Morgan fingerprint density at radius 1 is 1.53 bits per heavy atom. The second kappa shape index (κ2) is 5.61. The number of rotatable bonds is 3. The molecule has 17 heavy (non-hydrogen) atoms. The van der Waals surface area contributed by atoms with Gasteiger partial charge in [-0.3, -0.25) is 9.88 Å². The Morgan fingerprint density at radius 3 is 3.06 bits per heavy atom. The summed E-state index contributed by atoms with van der Waals surface area (Å²) in [5, 5.41) is 3.49. The maximum Gasteiger partial charge on any atom is 0.0315 e. The van der Waals surface area contributed by atoms with Gasteiger partial charge >= 0.3 is 0 Å². The van der Waals surface area contributed by atoms with Crippen LogP contribution in [0, 0.1) is 12.8 Å². The van der Waals surface area contributed by atoms with Crippen LogP contribution in [0.2, 0.25) is 0 Å². The van der Waals surface area contributed by atoms with E-state index in [1.165, 1.54) is 11.1 Å². The number of nitrogens with zero attached hydrogens (tertiary/aromatic N) is 2. The minimum absolute atomic E-state index is 0.642. The topological polar surface area (TPSA) is 28.2 Å². The van der Waals surface area contributed by atoms with Gasteiger partial charge in [-0.25, -0.2) is 0 Å². The van der Waals surface area contributed by atoms with Crippen LogP contribution in [0.25, 0.3) is 0 Å². The lowest BCUT2D eigenvalue weighted by Gasteiger charge is -2.38. The first-order valence-corrected chi connectivity index (χ1v) is 6.52. The molecule has 94 valence electrons. The van der Waals surface area contributed by atoms with E-state index in [4.69, 9.17) is 0 Å². The fraction of sp³-hybridized carbons (Fsp3) is 0.643. The van der Waals surface area contributed by atoms with Gasteiger partial charge in [-0.05, 0) is 30.0 Å². The molecule has 0 radical (unpaired) electrons. The van der Waals surface area contributed by atoms with Crippen molar-refractivity contribution in [3.05, 3.63) is 29.6 Å². The van der Waals surface area contributed by atoms with Crippen LogP contribution in [-0.2, 0) is 6.54 Å². The number of nitrogens with one attached hydrogen (secondary N) is 1. The van der Waals surface area contributed by atoms with E-state index < -0.39 is 0 Å². The minimum atomic E-state index is 0.642. The van der Waals surface area contributed by atoms with Crippen molar-refractivity contribution in [1.29, 1.82) is 0 Å². The maximum absolute atomic E-state index is 4.24. The zero-order chi connectivity index (χ0) is 12.3. The van der Waals surface area contributed by atoms with Crippen molar-refractivity contribution in [2.24, 2.45) is 5.92 Å². The molecule has 0 amide bonds. The number of piperazine rings is 1. The molecular formula is C14H23N3. The zero-order valence-electron chi connectivity index (χ0n) is 11.1. The van der Waals surface area contributed by atoms with Gasteiger partial charge < -0.3 is 5.32 Å². The summed E-state index contributed by atoms with van der Waals surface area (Å²) in [5.41, 5.74) is 2.71. The summed E-state index contributed by atoms with van der Waals surface area (Å²) >= 11 is 0. The molecule has 0 spiro atoms. The molecule has 0 aromatic carbocycles. The Labute approximate surface area is 104 Å². The third-order valence-corrected chi connectivity index (χ3v) is 3.69. The molecule has 0 aliphatic carbocycles. The Bertz CT molecular complexity index is 362. The van der Waals surface area contributed by atoms with E-state index in [1.807, 2.05) is 12.4 Å². The highest BCUT2D eigenvalue weighted by atomic mass is 15.2. The molecule has 3 heteroatoms. The summed E-state index contributed by atoms with van der Waals surface area (Å²) in [5.74, 6) is 0.694. The van der Waals surface area contributed by atoms with Crippen molar-refractivity contribution in [3.8, 4) is 0 Å². The molecule has 1 unspecified atom stereocenters. The van der Waals surface area contributed by atoms with Crippen LogP contribution in [0.5, 0.6) is 0 Å². The normalized spacial score (nSPS) is 22.0. The fourth-order valence-electron chi connectivity index (χ4n) is 2.50. The summed E-state index contributed by atoms with van der Waals surface area (Å²) < 4.78 is 0. The summed E-state index contributed by atoms with van der Waals surface area (Å²) in [4.78, 5) is 6.83. The highest BCUT2D eigenvalue weighted by Crippen LogP contribution is 2.17. The van der Waals surface area contributed by atoms with E-state index in [0.29, 0.717) is 12.0 Å². The SMILES string of the molecule is Cc1ccncc1CN1CCNCC1C(C)C. The second-order valence-electron chi connectivity index (χ2n) is 5.29. The lowest BCUT2D eigenvalue weighted by atomic mass is 9.99. The average Bonchev–Trinajstić information content (AvgIpc) is 2.32. The van der Waals surface area contributed by atoms with Gasteiger partial charge in [-0.15, -0.1) is 0 Å². The first kappa shape index (κ1) is 12.5. The third kappa shape index (κ3) is 3.05. The van der Waals surface area contributed by atoms with E-state index in [-0.39, 0.29) is 0 Å². The van der Waals surface area contributed by atoms with Crippen LogP contribution in [0.3, 0.4) is 0 Å². The van der Waals surface area contributed by atoms with Gasteiger partial charge in [0.15, 0.2) is 0 Å². The van der Waals surface area contributed by atoms with Gasteiger partial charge in [0, 0.05) is 44.6 Å². The minimum Gasteiger partial charge on any atom is -0.314 e. The van der Waals surface area contributed by atoms with E-state index in [2.05, 4.69) is 42.0 Å². The molecule has 1 aromatic heterocycles. The lowest BCUT2D eigenvalue weighted by Crippen LogP contribution is -2.53. The Kier molecular flexibility index (Phi) is 4.13. The number of hydrogen-bond donors (Lipinski definition) is 1. The van der Waals surface area contributed by atoms with E-state index >= 15 is 0 Å². The molecular weight excluding hydrogens is 210 g/mol. The van der Waals surface area contributed by atoms with Crippen LogP contribution in [-0.4, -0.2) is 35.6 Å². The molecule has 1 fully saturated rings. The highest BCUT2D eigenvalue weighted by molar-refractivity contribution is 5.21. The van der Waals surface area contributed by atoms with Crippen molar-refractivity contribution in [3.63, 3.8) is 0 Å². The summed E-state index contributed by atoms with van der Waals surface area (Å²) in [6, 6.07) is 2.74. The molecule has 1 aliphatic rings. The lowest BCUT2D eigenvalue weighted by molar-refractivity contribution is 0.117. The number of hydrogen-bond acceptors (Lipinski definition) is 3.